The molecule has 2 unspecified atom stereocenters. The molecule has 0 aliphatic carbocycles. The van der Waals surface area contributed by atoms with Gasteiger partial charge in [-0.25, -0.2) is 0 Å². The summed E-state index contributed by atoms with van der Waals surface area (Å²) < 4.78 is 0. The molecule has 1 aromatic rings. The fourth-order valence-electron chi connectivity index (χ4n) is 2.40. The molecule has 3 nitrogen and oxygen atoms in total. The second kappa shape index (κ2) is 5.24. The van der Waals surface area contributed by atoms with Crippen LogP contribution in [-0.4, -0.2) is 18.5 Å². The van der Waals surface area contributed by atoms with Crippen molar-refractivity contribution in [1.29, 1.82) is 0 Å². The molecule has 1 heterocycles. The third-order valence-electron chi connectivity index (χ3n) is 3.57. The van der Waals surface area contributed by atoms with Crippen molar-refractivity contribution < 1.29 is 4.79 Å². The van der Waals surface area contributed by atoms with Crippen molar-refractivity contribution in [1.82, 2.24) is 5.32 Å². The molecule has 0 spiro atoms. The molecule has 2 rings (SSSR count). The van der Waals surface area contributed by atoms with E-state index in [1.165, 1.54) is 5.56 Å². The Morgan fingerprint density at radius 3 is 2.74 bits per heavy atom. The van der Waals surface area contributed by atoms with E-state index in [0.717, 1.165) is 18.7 Å². The molecule has 0 fully saturated rings. The molecule has 0 aromatic heterocycles. The van der Waals surface area contributed by atoms with Gasteiger partial charge in [0.25, 0.3) is 0 Å². The lowest BCUT2D eigenvalue weighted by Crippen LogP contribution is -2.45. The second-order valence-corrected chi connectivity index (χ2v) is 6.68. The number of anilines is 1. The number of amides is 1. The van der Waals surface area contributed by atoms with E-state index in [-0.39, 0.29) is 23.3 Å². The topological polar surface area (TPSA) is 41.1 Å². The lowest BCUT2D eigenvalue weighted by molar-refractivity contribution is -0.125. The predicted octanol–water partition coefficient (Wildman–Crippen LogP) is 2.82. The van der Waals surface area contributed by atoms with Crippen molar-refractivity contribution in [2.24, 2.45) is 11.3 Å². The largest absolute Gasteiger partial charge is 0.382 e. The van der Waals surface area contributed by atoms with E-state index in [4.69, 9.17) is 0 Å². The molecule has 3 heteroatoms. The van der Waals surface area contributed by atoms with Gasteiger partial charge in [-0.2, -0.15) is 0 Å². The number of fused-ring (bicyclic) bond motifs is 1. The summed E-state index contributed by atoms with van der Waals surface area (Å²) in [4.78, 5) is 12.3. The Labute approximate surface area is 115 Å². The van der Waals surface area contributed by atoms with Gasteiger partial charge in [0.15, 0.2) is 0 Å². The highest BCUT2D eigenvalue weighted by atomic mass is 16.1. The first-order valence-electron chi connectivity index (χ1n) is 6.99. The molecule has 0 radical (unpaired) electrons. The van der Waals surface area contributed by atoms with Crippen LogP contribution in [0.3, 0.4) is 0 Å². The van der Waals surface area contributed by atoms with Gasteiger partial charge >= 0.3 is 0 Å². The number of para-hydroxylation sites is 1. The van der Waals surface area contributed by atoms with E-state index >= 15 is 0 Å². The Morgan fingerprint density at radius 2 is 2.05 bits per heavy atom. The molecule has 1 aromatic carbocycles. The molecular formula is C16H24N2O. The van der Waals surface area contributed by atoms with Gasteiger partial charge in [0.05, 0.1) is 5.92 Å². The lowest BCUT2D eigenvalue weighted by atomic mass is 9.87. The van der Waals surface area contributed by atoms with Crippen molar-refractivity contribution >= 4 is 11.6 Å². The lowest BCUT2D eigenvalue weighted by Gasteiger charge is -2.32. The molecule has 2 N–H and O–H groups in total. The minimum absolute atomic E-state index is 0.0113. The quantitative estimate of drug-likeness (QED) is 0.858. The highest BCUT2D eigenvalue weighted by Gasteiger charge is 2.30. The summed E-state index contributed by atoms with van der Waals surface area (Å²) in [6, 6.07) is 8.40. The summed E-state index contributed by atoms with van der Waals surface area (Å²) in [5.41, 5.74) is 2.52. The maximum atomic E-state index is 12.3. The van der Waals surface area contributed by atoms with Crippen molar-refractivity contribution in [2.75, 3.05) is 11.9 Å². The van der Waals surface area contributed by atoms with E-state index in [1.807, 2.05) is 12.1 Å². The van der Waals surface area contributed by atoms with Gasteiger partial charge in [-0.15, -0.1) is 0 Å². The molecule has 1 aliphatic heterocycles. The fourth-order valence-corrected chi connectivity index (χ4v) is 2.40. The first-order valence-corrected chi connectivity index (χ1v) is 6.99. The van der Waals surface area contributed by atoms with Gasteiger partial charge in [0.1, 0.15) is 0 Å². The number of carbonyl (C=O) groups excluding carboxylic acids is 1. The molecule has 1 amide bonds. The van der Waals surface area contributed by atoms with Gasteiger partial charge in [-0.1, -0.05) is 39.0 Å². The normalized spacial score (nSPS) is 22.3. The fraction of sp³-hybridized carbons (Fsp3) is 0.562. The molecule has 1 aliphatic rings. The van der Waals surface area contributed by atoms with E-state index in [0.29, 0.717) is 0 Å². The van der Waals surface area contributed by atoms with Crippen molar-refractivity contribution in [2.45, 2.75) is 40.2 Å². The minimum atomic E-state index is 0.0113. The van der Waals surface area contributed by atoms with Gasteiger partial charge in [-0.3, -0.25) is 4.79 Å². The summed E-state index contributed by atoms with van der Waals surface area (Å²) in [6.45, 7) is 9.19. The molecule has 104 valence electrons. The van der Waals surface area contributed by atoms with Crippen LogP contribution in [-0.2, 0) is 11.2 Å². The Bertz CT molecular complexity index is 462. The monoisotopic (exact) mass is 260 g/mol. The van der Waals surface area contributed by atoms with E-state index in [2.05, 4.69) is 50.5 Å². The van der Waals surface area contributed by atoms with Crippen molar-refractivity contribution in [3.05, 3.63) is 29.8 Å². The highest BCUT2D eigenvalue weighted by molar-refractivity contribution is 5.81. The Hall–Kier alpha value is -1.51. The maximum absolute atomic E-state index is 12.3. The zero-order valence-electron chi connectivity index (χ0n) is 12.3. The van der Waals surface area contributed by atoms with Crippen molar-refractivity contribution in [3.8, 4) is 0 Å². The first kappa shape index (κ1) is 13.9. The van der Waals surface area contributed by atoms with Crippen molar-refractivity contribution in [3.63, 3.8) is 0 Å². The maximum Gasteiger partial charge on any atom is 0.225 e. The molecule has 0 saturated carbocycles. The van der Waals surface area contributed by atoms with Crippen LogP contribution in [0.15, 0.2) is 24.3 Å². The average molecular weight is 260 g/mol. The summed E-state index contributed by atoms with van der Waals surface area (Å²) >= 11 is 0. The third-order valence-corrected chi connectivity index (χ3v) is 3.57. The van der Waals surface area contributed by atoms with Crippen LogP contribution in [0, 0.1) is 11.3 Å². The van der Waals surface area contributed by atoms with Crippen LogP contribution in [0.2, 0.25) is 0 Å². The zero-order valence-corrected chi connectivity index (χ0v) is 12.3. The SMILES string of the molecule is CC1Nc2ccccc2CC1C(=O)NCC(C)(C)C. The van der Waals surface area contributed by atoms with Crippen LogP contribution in [0.25, 0.3) is 0 Å². The summed E-state index contributed by atoms with van der Waals surface area (Å²) in [5.74, 6) is 0.168. The third kappa shape index (κ3) is 3.49. The predicted molar refractivity (Wildman–Crippen MR) is 79.2 cm³/mol. The summed E-state index contributed by atoms with van der Waals surface area (Å²) in [5, 5.41) is 6.50. The standard InChI is InChI=1S/C16H24N2O/c1-11-13(15(19)17-10-16(2,3)4)9-12-7-5-6-8-14(12)18-11/h5-8,11,13,18H,9-10H2,1-4H3,(H,17,19). The minimum Gasteiger partial charge on any atom is -0.382 e. The molecule has 0 bridgehead atoms. The Kier molecular flexibility index (Phi) is 3.83. The molecular weight excluding hydrogens is 236 g/mol. The van der Waals surface area contributed by atoms with Crippen LogP contribution in [0.5, 0.6) is 0 Å². The number of carbonyl (C=O) groups is 1. The second-order valence-electron chi connectivity index (χ2n) is 6.68. The molecule has 19 heavy (non-hydrogen) atoms. The van der Waals surface area contributed by atoms with Crippen LogP contribution < -0.4 is 10.6 Å². The summed E-state index contributed by atoms with van der Waals surface area (Å²) in [6.07, 6.45) is 0.820. The van der Waals surface area contributed by atoms with Crippen LogP contribution in [0.1, 0.15) is 33.3 Å². The van der Waals surface area contributed by atoms with E-state index in [9.17, 15) is 4.79 Å². The van der Waals surface area contributed by atoms with Gasteiger partial charge < -0.3 is 10.6 Å². The molecule has 0 saturated heterocycles. The zero-order chi connectivity index (χ0) is 14.0. The average Bonchev–Trinajstić information content (AvgIpc) is 2.34. The number of nitrogens with one attached hydrogen (secondary N) is 2. The van der Waals surface area contributed by atoms with Gasteiger partial charge in [0.2, 0.25) is 5.91 Å². The highest BCUT2D eigenvalue weighted by Crippen LogP contribution is 2.28. The number of hydrogen-bond donors (Lipinski definition) is 2. The van der Waals surface area contributed by atoms with E-state index < -0.39 is 0 Å². The Balaban J connectivity index is 2.04. The van der Waals surface area contributed by atoms with Crippen LogP contribution >= 0.6 is 0 Å². The van der Waals surface area contributed by atoms with Gasteiger partial charge in [0, 0.05) is 18.3 Å². The molecule has 2 atom stereocenters. The van der Waals surface area contributed by atoms with Gasteiger partial charge in [-0.05, 0) is 30.4 Å². The van der Waals surface area contributed by atoms with E-state index in [1.54, 1.807) is 0 Å². The summed E-state index contributed by atoms with van der Waals surface area (Å²) in [7, 11) is 0. The Morgan fingerprint density at radius 1 is 1.37 bits per heavy atom. The number of benzene rings is 1. The van der Waals surface area contributed by atoms with Crippen LogP contribution in [0.4, 0.5) is 5.69 Å². The number of hydrogen-bond acceptors (Lipinski definition) is 2. The smallest absolute Gasteiger partial charge is 0.225 e. The first-order chi connectivity index (χ1) is 8.87. The number of rotatable bonds is 2.